The van der Waals surface area contributed by atoms with Gasteiger partial charge in [-0.2, -0.15) is 0 Å². The van der Waals surface area contributed by atoms with Crippen LogP contribution in [0.2, 0.25) is 0 Å². The van der Waals surface area contributed by atoms with Gasteiger partial charge in [-0.05, 0) is 19.3 Å². The molecule has 1 fully saturated rings. The molecule has 1 saturated heterocycles. The molecule has 0 spiro atoms. The molecular weight excluding hydrogens is 214 g/mol. The molecule has 0 aliphatic carbocycles. The Bertz CT molecular complexity index is 193. The summed E-state index contributed by atoms with van der Waals surface area (Å²) in [5, 5.41) is 3.53. The van der Waals surface area contributed by atoms with Crippen LogP contribution >= 0.6 is 0 Å². The maximum Gasteiger partial charge on any atom is 0.0594 e. The van der Waals surface area contributed by atoms with E-state index in [2.05, 4.69) is 31.0 Å². The van der Waals surface area contributed by atoms with E-state index in [1.165, 1.54) is 6.42 Å². The predicted molar refractivity (Wildman–Crippen MR) is 72.2 cm³/mol. The van der Waals surface area contributed by atoms with E-state index in [1.54, 1.807) is 0 Å². The van der Waals surface area contributed by atoms with Gasteiger partial charge in [0.25, 0.3) is 0 Å². The van der Waals surface area contributed by atoms with Crippen LogP contribution < -0.4 is 11.1 Å². The topological polar surface area (TPSA) is 50.5 Å². The van der Waals surface area contributed by atoms with Crippen molar-refractivity contribution in [2.45, 2.75) is 39.3 Å². The van der Waals surface area contributed by atoms with Crippen LogP contribution in [0.5, 0.6) is 0 Å². The molecule has 0 amide bonds. The zero-order valence-corrected chi connectivity index (χ0v) is 11.6. The average Bonchev–Trinajstić information content (AvgIpc) is 2.34. The first-order chi connectivity index (χ1) is 8.13. The number of nitrogens with one attached hydrogen (secondary N) is 1. The zero-order chi connectivity index (χ0) is 12.7. The van der Waals surface area contributed by atoms with Gasteiger partial charge < -0.3 is 15.8 Å². The number of nitrogens with zero attached hydrogens (tertiary/aromatic N) is 1. The van der Waals surface area contributed by atoms with Crippen molar-refractivity contribution >= 4 is 0 Å². The lowest BCUT2D eigenvalue weighted by Crippen LogP contribution is -2.50. The van der Waals surface area contributed by atoms with Gasteiger partial charge in [0.2, 0.25) is 0 Å². The Balaban J connectivity index is 2.41. The second kappa shape index (κ2) is 8.03. The van der Waals surface area contributed by atoms with Gasteiger partial charge in [0.1, 0.15) is 0 Å². The van der Waals surface area contributed by atoms with E-state index >= 15 is 0 Å². The van der Waals surface area contributed by atoms with E-state index in [9.17, 15) is 0 Å². The number of ether oxygens (including phenoxy) is 1. The largest absolute Gasteiger partial charge is 0.379 e. The zero-order valence-electron chi connectivity index (χ0n) is 11.6. The summed E-state index contributed by atoms with van der Waals surface area (Å²) < 4.78 is 5.42. The van der Waals surface area contributed by atoms with Crippen molar-refractivity contribution in [2.75, 3.05) is 39.4 Å². The second-order valence-electron chi connectivity index (χ2n) is 5.48. The van der Waals surface area contributed by atoms with Crippen molar-refractivity contribution in [3.8, 4) is 0 Å². The molecule has 1 rings (SSSR count). The van der Waals surface area contributed by atoms with Gasteiger partial charge in [0.05, 0.1) is 13.2 Å². The summed E-state index contributed by atoms with van der Waals surface area (Å²) in [6.45, 7) is 12.4. The highest BCUT2D eigenvalue weighted by molar-refractivity contribution is 4.78. The lowest BCUT2D eigenvalue weighted by atomic mass is 10.0. The van der Waals surface area contributed by atoms with Crippen molar-refractivity contribution < 1.29 is 4.74 Å². The number of rotatable bonds is 7. The van der Waals surface area contributed by atoms with Crippen LogP contribution in [0.4, 0.5) is 0 Å². The third-order valence-electron chi connectivity index (χ3n) is 3.36. The van der Waals surface area contributed by atoms with Crippen LogP contribution in [-0.4, -0.2) is 56.4 Å². The second-order valence-corrected chi connectivity index (χ2v) is 5.48. The van der Waals surface area contributed by atoms with E-state index < -0.39 is 0 Å². The average molecular weight is 243 g/mol. The molecule has 0 saturated carbocycles. The molecule has 0 radical (unpaired) electrons. The van der Waals surface area contributed by atoms with Crippen LogP contribution in [0, 0.1) is 5.92 Å². The fraction of sp³-hybridized carbons (Fsp3) is 1.00. The highest BCUT2D eigenvalue weighted by Gasteiger charge is 2.21. The molecule has 0 aromatic heterocycles. The molecule has 2 atom stereocenters. The van der Waals surface area contributed by atoms with Gasteiger partial charge in [-0.3, -0.25) is 4.90 Å². The van der Waals surface area contributed by atoms with Crippen LogP contribution in [0.1, 0.15) is 27.2 Å². The SMILES string of the molecule is CC(C)CC(CNC(C)CN)N1CCOCC1. The van der Waals surface area contributed by atoms with Gasteiger partial charge in [0, 0.05) is 38.3 Å². The van der Waals surface area contributed by atoms with Crippen LogP contribution in [0.3, 0.4) is 0 Å². The summed E-state index contributed by atoms with van der Waals surface area (Å²) in [5.41, 5.74) is 5.64. The molecule has 0 aromatic carbocycles. The van der Waals surface area contributed by atoms with Crippen molar-refractivity contribution in [3.05, 3.63) is 0 Å². The quantitative estimate of drug-likeness (QED) is 0.690. The van der Waals surface area contributed by atoms with E-state index in [0.717, 1.165) is 38.8 Å². The molecule has 4 heteroatoms. The molecule has 1 heterocycles. The molecule has 17 heavy (non-hydrogen) atoms. The summed E-state index contributed by atoms with van der Waals surface area (Å²) in [7, 11) is 0. The monoisotopic (exact) mass is 243 g/mol. The summed E-state index contributed by atoms with van der Waals surface area (Å²) in [4.78, 5) is 2.56. The standard InChI is InChI=1S/C13H29N3O/c1-11(2)8-13(10-15-12(3)9-14)16-4-6-17-7-5-16/h11-13,15H,4-10,14H2,1-3H3. The Hall–Kier alpha value is -0.160. The highest BCUT2D eigenvalue weighted by atomic mass is 16.5. The smallest absolute Gasteiger partial charge is 0.0594 e. The minimum Gasteiger partial charge on any atom is -0.379 e. The van der Waals surface area contributed by atoms with Crippen LogP contribution in [0.15, 0.2) is 0 Å². The first-order valence-corrected chi connectivity index (χ1v) is 6.88. The van der Waals surface area contributed by atoms with Crippen molar-refractivity contribution in [3.63, 3.8) is 0 Å². The molecule has 4 nitrogen and oxygen atoms in total. The summed E-state index contributed by atoms with van der Waals surface area (Å²) in [6.07, 6.45) is 1.24. The highest BCUT2D eigenvalue weighted by Crippen LogP contribution is 2.13. The van der Waals surface area contributed by atoms with Crippen molar-refractivity contribution in [1.29, 1.82) is 0 Å². The minimum absolute atomic E-state index is 0.408. The normalized spacial score (nSPS) is 21.7. The number of hydrogen-bond acceptors (Lipinski definition) is 4. The Labute approximate surface area is 106 Å². The summed E-state index contributed by atoms with van der Waals surface area (Å²) in [5.74, 6) is 0.734. The van der Waals surface area contributed by atoms with Gasteiger partial charge in [-0.1, -0.05) is 13.8 Å². The third-order valence-corrected chi connectivity index (χ3v) is 3.36. The molecular formula is C13H29N3O. The first-order valence-electron chi connectivity index (χ1n) is 6.88. The molecule has 1 aliphatic heterocycles. The lowest BCUT2D eigenvalue weighted by molar-refractivity contribution is 0.0119. The molecule has 1 aliphatic rings. The Morgan fingerprint density at radius 2 is 1.88 bits per heavy atom. The van der Waals surface area contributed by atoms with E-state index in [-0.39, 0.29) is 0 Å². The van der Waals surface area contributed by atoms with Gasteiger partial charge in [-0.25, -0.2) is 0 Å². The van der Waals surface area contributed by atoms with E-state index in [1.807, 2.05) is 0 Å². The van der Waals surface area contributed by atoms with Crippen LogP contribution in [0.25, 0.3) is 0 Å². The lowest BCUT2D eigenvalue weighted by Gasteiger charge is -2.36. The van der Waals surface area contributed by atoms with Crippen molar-refractivity contribution in [2.24, 2.45) is 11.7 Å². The molecule has 0 bridgehead atoms. The third kappa shape index (κ3) is 5.82. The van der Waals surface area contributed by atoms with E-state index in [0.29, 0.717) is 18.6 Å². The number of hydrogen-bond donors (Lipinski definition) is 2. The maximum absolute atomic E-state index is 5.64. The Kier molecular flexibility index (Phi) is 7.04. The number of nitrogens with two attached hydrogens (primary N) is 1. The summed E-state index contributed by atoms with van der Waals surface area (Å²) >= 11 is 0. The minimum atomic E-state index is 0.408. The molecule has 102 valence electrons. The summed E-state index contributed by atoms with van der Waals surface area (Å²) in [6, 6.07) is 1.03. The maximum atomic E-state index is 5.64. The van der Waals surface area contributed by atoms with E-state index in [4.69, 9.17) is 10.5 Å². The predicted octanol–water partition coefficient (Wildman–Crippen LogP) is 0.670. The fourth-order valence-corrected chi connectivity index (χ4v) is 2.27. The van der Waals surface area contributed by atoms with Crippen molar-refractivity contribution in [1.82, 2.24) is 10.2 Å². The number of morpholine rings is 1. The first kappa shape index (κ1) is 14.9. The van der Waals surface area contributed by atoms with Gasteiger partial charge >= 0.3 is 0 Å². The fourth-order valence-electron chi connectivity index (χ4n) is 2.27. The van der Waals surface area contributed by atoms with Gasteiger partial charge in [0.15, 0.2) is 0 Å². The molecule has 2 unspecified atom stereocenters. The molecule has 0 aromatic rings. The van der Waals surface area contributed by atoms with Crippen LogP contribution in [-0.2, 0) is 4.74 Å². The van der Waals surface area contributed by atoms with Gasteiger partial charge in [-0.15, -0.1) is 0 Å². The Morgan fingerprint density at radius 3 is 2.41 bits per heavy atom. The molecule has 3 N–H and O–H groups in total. The Morgan fingerprint density at radius 1 is 1.24 bits per heavy atom.